The van der Waals surface area contributed by atoms with E-state index in [1.54, 1.807) is 0 Å². The number of rotatable bonds is 10. The predicted molar refractivity (Wildman–Crippen MR) is 82.4 cm³/mol. The smallest absolute Gasteiger partial charge is 0.232 e. The van der Waals surface area contributed by atoms with Gasteiger partial charge in [0, 0.05) is 6.54 Å². The van der Waals surface area contributed by atoms with Crippen LogP contribution in [0.25, 0.3) is 0 Å². The molecule has 0 radical (unpaired) electrons. The van der Waals surface area contributed by atoms with E-state index in [0.717, 1.165) is 0 Å². The molecule has 228 valence electrons. The maximum Gasteiger partial charge on any atom is 0.460 e. The van der Waals surface area contributed by atoms with E-state index in [9.17, 15) is 91.8 Å². The molecular formula is C13H5F19N4O2S. The molecule has 0 fully saturated rings. The lowest BCUT2D eigenvalue weighted by Gasteiger charge is -2.42. The summed E-state index contributed by atoms with van der Waals surface area (Å²) in [5.74, 6) is -55.0. The molecule has 0 unspecified atom stereocenters. The van der Waals surface area contributed by atoms with Crippen molar-refractivity contribution in [1.29, 1.82) is 0 Å². The number of sulfonamides is 1. The zero-order valence-electron chi connectivity index (χ0n) is 17.4. The minimum Gasteiger partial charge on any atom is -0.232 e. The van der Waals surface area contributed by atoms with Gasteiger partial charge in [-0.1, -0.05) is 0 Å². The molecule has 0 aliphatic heterocycles. The van der Waals surface area contributed by atoms with Crippen LogP contribution in [0.15, 0.2) is 0 Å². The lowest BCUT2D eigenvalue weighted by Crippen LogP contribution is -2.75. The van der Waals surface area contributed by atoms with Crippen molar-refractivity contribution in [3.05, 3.63) is 12.2 Å². The fraction of sp³-hybridized carbons (Fsp3) is 0.769. The van der Waals surface area contributed by atoms with E-state index in [4.69, 9.17) is 0 Å². The molecule has 0 aliphatic carbocycles. The highest BCUT2D eigenvalue weighted by Crippen LogP contribution is 2.64. The third-order valence-electron chi connectivity index (χ3n) is 4.39. The molecule has 0 N–H and O–H groups in total. The Labute approximate surface area is 200 Å². The fourth-order valence-electron chi connectivity index (χ4n) is 2.30. The maximum atomic E-state index is 14.2. The summed E-state index contributed by atoms with van der Waals surface area (Å²) in [5, 5.41) is -7.94. The van der Waals surface area contributed by atoms with Gasteiger partial charge >= 0.3 is 69.1 Å². The summed E-state index contributed by atoms with van der Waals surface area (Å²) in [7, 11) is -7.88. The van der Waals surface area contributed by atoms with Gasteiger partial charge in [-0.3, -0.25) is 0 Å². The zero-order chi connectivity index (χ0) is 31.6. The molecule has 0 amide bonds. The number of nitrogens with zero attached hydrogens (tertiary/aromatic N) is 4. The van der Waals surface area contributed by atoms with E-state index < -0.39 is 85.9 Å². The van der Waals surface area contributed by atoms with Crippen molar-refractivity contribution in [3.63, 3.8) is 0 Å². The Kier molecular flexibility index (Phi) is 8.16. The Morgan fingerprint density at radius 3 is 1.18 bits per heavy atom. The lowest BCUT2D eigenvalue weighted by molar-refractivity contribution is -0.458. The first kappa shape index (κ1) is 34.5. The number of aromatic nitrogens is 3. The van der Waals surface area contributed by atoms with E-state index in [2.05, 4.69) is 15.0 Å². The zero-order valence-corrected chi connectivity index (χ0v) is 18.2. The molecule has 0 bridgehead atoms. The maximum absolute atomic E-state index is 14.2. The van der Waals surface area contributed by atoms with Crippen LogP contribution in [0.3, 0.4) is 0 Å². The van der Waals surface area contributed by atoms with E-state index in [0.29, 0.717) is 0 Å². The molecule has 0 aliphatic rings. The van der Waals surface area contributed by atoms with Crippen LogP contribution in [0.2, 0.25) is 0 Å². The quantitative estimate of drug-likeness (QED) is 0.325. The summed E-state index contributed by atoms with van der Waals surface area (Å²) in [5.41, 5.74) is 0. The van der Waals surface area contributed by atoms with Crippen molar-refractivity contribution in [2.45, 2.75) is 53.9 Å². The number of hydrogen-bond acceptors (Lipinski definition) is 5. The third kappa shape index (κ3) is 4.54. The first-order chi connectivity index (χ1) is 16.8. The molecule has 39 heavy (non-hydrogen) atoms. The summed E-state index contributed by atoms with van der Waals surface area (Å²) >= 11 is 0. The van der Waals surface area contributed by atoms with Crippen LogP contribution < -0.4 is 4.31 Å². The Balaban J connectivity index is 3.86. The van der Waals surface area contributed by atoms with E-state index in [-0.39, 0.29) is 6.92 Å². The second-order valence-corrected chi connectivity index (χ2v) is 8.71. The molecule has 1 aromatic heterocycles. The van der Waals surface area contributed by atoms with Gasteiger partial charge < -0.3 is 0 Å². The SMILES string of the molecule is CCN(c1nc(F)nc(F)n1)S(=O)(=O)C(F)(F)C(F)(F)C(F)(F)C(F)(F)C(F)(F)C(F)(F)C(F)(F)C(F)(F)F. The van der Waals surface area contributed by atoms with Crippen LogP contribution in [-0.2, 0) is 10.0 Å². The molecular weight excluding hydrogens is 637 g/mol. The molecule has 1 heterocycles. The van der Waals surface area contributed by atoms with Crippen molar-refractivity contribution in [2.75, 3.05) is 10.8 Å². The first-order valence-electron chi connectivity index (χ1n) is 8.65. The Bertz CT molecular complexity index is 1160. The standard InChI is InChI=1S/C13H5F19N4O2S/c1-2-36(5-34-3(14)33-4(15)35-5)39(37,38)13(31,32)11(26,27)9(22,23)7(18,19)6(16,17)8(20,21)10(24,25)12(28,29)30/h2H2,1H3. The van der Waals surface area contributed by atoms with Crippen molar-refractivity contribution < 1.29 is 91.8 Å². The van der Waals surface area contributed by atoms with Gasteiger partial charge in [-0.25, -0.2) is 4.31 Å². The molecule has 0 aromatic carbocycles. The molecule has 6 nitrogen and oxygen atoms in total. The number of anilines is 1. The molecule has 0 saturated carbocycles. The average Bonchev–Trinajstić information content (AvgIpc) is 2.71. The Hall–Kier alpha value is -2.57. The van der Waals surface area contributed by atoms with Gasteiger partial charge in [-0.2, -0.15) is 107 Å². The molecule has 0 atom stereocenters. The summed E-state index contributed by atoms with van der Waals surface area (Å²) < 4.78 is 275. The highest BCUT2D eigenvalue weighted by atomic mass is 32.2. The van der Waals surface area contributed by atoms with Gasteiger partial charge in [0.15, 0.2) is 0 Å². The second-order valence-electron chi connectivity index (χ2n) is 6.80. The summed E-state index contributed by atoms with van der Waals surface area (Å²) in [6.07, 6.45) is -12.8. The molecule has 1 aromatic rings. The van der Waals surface area contributed by atoms with Gasteiger partial charge in [-0.05, 0) is 6.92 Å². The second kappa shape index (κ2) is 9.24. The minimum absolute atomic E-state index is 0.270. The first-order valence-corrected chi connectivity index (χ1v) is 10.1. The van der Waals surface area contributed by atoms with Crippen molar-refractivity contribution in [2.24, 2.45) is 0 Å². The van der Waals surface area contributed by atoms with E-state index in [1.165, 1.54) is 0 Å². The molecule has 0 saturated heterocycles. The Morgan fingerprint density at radius 2 is 0.872 bits per heavy atom. The molecule has 0 spiro atoms. The van der Waals surface area contributed by atoms with Crippen LogP contribution in [0.4, 0.5) is 89.4 Å². The third-order valence-corrected chi connectivity index (χ3v) is 6.29. The molecule has 26 heteroatoms. The summed E-state index contributed by atoms with van der Waals surface area (Å²) in [6.45, 7) is -1.56. The van der Waals surface area contributed by atoms with Crippen LogP contribution in [0, 0.1) is 12.2 Å². The highest BCUT2D eigenvalue weighted by Gasteiger charge is 2.96. The van der Waals surface area contributed by atoms with Gasteiger partial charge in [0.05, 0.1) is 0 Å². The van der Waals surface area contributed by atoms with Crippen molar-refractivity contribution in [1.82, 2.24) is 15.0 Å². The molecule has 1 rings (SSSR count). The average molecular weight is 642 g/mol. The van der Waals surface area contributed by atoms with E-state index >= 15 is 0 Å². The predicted octanol–water partition coefficient (Wildman–Crippen LogP) is 5.27. The van der Waals surface area contributed by atoms with Crippen molar-refractivity contribution in [3.8, 4) is 0 Å². The fourth-order valence-corrected chi connectivity index (χ4v) is 3.66. The van der Waals surface area contributed by atoms with Gasteiger partial charge in [0.2, 0.25) is 5.95 Å². The normalized spacial score (nSPS) is 15.5. The monoisotopic (exact) mass is 642 g/mol. The van der Waals surface area contributed by atoms with Crippen LogP contribution >= 0.6 is 0 Å². The van der Waals surface area contributed by atoms with Gasteiger partial charge in [-0.15, -0.1) is 0 Å². The highest BCUT2D eigenvalue weighted by molar-refractivity contribution is 7.93. The van der Waals surface area contributed by atoms with Crippen molar-refractivity contribution >= 4 is 16.0 Å². The topological polar surface area (TPSA) is 76.1 Å². The van der Waals surface area contributed by atoms with Crippen LogP contribution in [-0.4, -0.2) is 76.9 Å². The van der Waals surface area contributed by atoms with Crippen LogP contribution in [0.1, 0.15) is 6.92 Å². The Morgan fingerprint density at radius 1 is 0.564 bits per heavy atom. The van der Waals surface area contributed by atoms with Gasteiger partial charge in [0.25, 0.3) is 0 Å². The summed E-state index contributed by atoms with van der Waals surface area (Å²) in [6, 6.07) is 0. The van der Waals surface area contributed by atoms with Crippen LogP contribution in [0.5, 0.6) is 0 Å². The number of halogens is 19. The van der Waals surface area contributed by atoms with Gasteiger partial charge in [0.1, 0.15) is 0 Å². The number of alkyl halides is 17. The van der Waals surface area contributed by atoms with E-state index in [1.807, 2.05) is 0 Å². The lowest BCUT2D eigenvalue weighted by atomic mass is 9.91. The minimum atomic E-state index is -9.02. The number of hydrogen-bond donors (Lipinski definition) is 0. The summed E-state index contributed by atoms with van der Waals surface area (Å²) in [4.78, 5) is 6.46. The largest absolute Gasteiger partial charge is 0.460 e.